The lowest BCUT2D eigenvalue weighted by molar-refractivity contribution is -0.228. The van der Waals surface area contributed by atoms with Gasteiger partial charge in [-0.25, -0.2) is 0 Å². The molecule has 0 aliphatic carbocycles. The Kier molecular flexibility index (Phi) is 3.73. The molecular formula is C10H16F3NO3. The Morgan fingerprint density at radius 2 is 1.94 bits per heavy atom. The van der Waals surface area contributed by atoms with Crippen LogP contribution in [0, 0.1) is 5.41 Å². The second-order valence-electron chi connectivity index (χ2n) is 4.59. The molecule has 1 fully saturated rings. The zero-order valence-electron chi connectivity index (χ0n) is 9.66. The van der Waals surface area contributed by atoms with E-state index in [0.717, 1.165) is 0 Å². The van der Waals surface area contributed by atoms with Crippen molar-refractivity contribution in [2.75, 3.05) is 13.1 Å². The second-order valence-corrected chi connectivity index (χ2v) is 4.59. The van der Waals surface area contributed by atoms with Gasteiger partial charge in [0.1, 0.15) is 0 Å². The molecule has 7 heteroatoms. The van der Waals surface area contributed by atoms with E-state index in [1.165, 1.54) is 11.8 Å². The quantitative estimate of drug-likeness (QED) is 0.792. The summed E-state index contributed by atoms with van der Waals surface area (Å²) in [6.07, 6.45) is -6.04. The van der Waals surface area contributed by atoms with E-state index in [0.29, 0.717) is 0 Å². The van der Waals surface area contributed by atoms with Gasteiger partial charge in [-0.3, -0.25) is 9.69 Å². The van der Waals surface area contributed by atoms with Gasteiger partial charge in [0.15, 0.2) is 5.41 Å². The molecule has 2 N–H and O–H groups in total. The molecule has 0 aromatic heterocycles. The number of alkyl halides is 3. The zero-order chi connectivity index (χ0) is 13.4. The summed E-state index contributed by atoms with van der Waals surface area (Å²) in [5, 5.41) is 18.2. The van der Waals surface area contributed by atoms with Crippen LogP contribution in [0.25, 0.3) is 0 Å². The molecule has 1 aliphatic heterocycles. The number of aliphatic carboxylic acids is 1. The topological polar surface area (TPSA) is 60.8 Å². The maximum absolute atomic E-state index is 12.8. The van der Waals surface area contributed by atoms with E-state index >= 15 is 0 Å². The highest BCUT2D eigenvalue weighted by Crippen LogP contribution is 2.46. The minimum absolute atomic E-state index is 0.0257. The number of carbonyl (C=O) groups is 1. The predicted octanol–water partition coefficient (Wildman–Crippen LogP) is 1.09. The highest BCUT2D eigenvalue weighted by molar-refractivity contribution is 5.76. The molecule has 0 aromatic rings. The predicted molar refractivity (Wildman–Crippen MR) is 53.5 cm³/mol. The first-order chi connectivity index (χ1) is 7.62. The molecule has 3 unspecified atom stereocenters. The fourth-order valence-electron chi connectivity index (χ4n) is 2.02. The van der Waals surface area contributed by atoms with Crippen LogP contribution in [0.3, 0.4) is 0 Å². The average molecular weight is 255 g/mol. The van der Waals surface area contributed by atoms with Crippen LogP contribution >= 0.6 is 0 Å². The molecule has 4 nitrogen and oxygen atoms in total. The van der Waals surface area contributed by atoms with Crippen molar-refractivity contribution < 1.29 is 28.2 Å². The number of halogens is 3. The fraction of sp³-hybridized carbons (Fsp3) is 0.900. The normalized spacial score (nSPS) is 30.2. The Hall–Kier alpha value is -0.820. The SMILES string of the molecule is CC(O)C(C)N1CCC(C(=O)O)(C(F)(F)F)C1. The zero-order valence-corrected chi connectivity index (χ0v) is 9.66. The van der Waals surface area contributed by atoms with Crippen LogP contribution in [0.4, 0.5) is 13.2 Å². The molecule has 0 amide bonds. The van der Waals surface area contributed by atoms with Gasteiger partial charge in [0, 0.05) is 19.1 Å². The maximum atomic E-state index is 12.8. The van der Waals surface area contributed by atoms with Crippen molar-refractivity contribution in [3.63, 3.8) is 0 Å². The van der Waals surface area contributed by atoms with Gasteiger partial charge in [-0.2, -0.15) is 13.2 Å². The molecular weight excluding hydrogens is 239 g/mol. The second kappa shape index (κ2) is 4.45. The van der Waals surface area contributed by atoms with Crippen molar-refractivity contribution >= 4 is 5.97 Å². The van der Waals surface area contributed by atoms with E-state index < -0.39 is 42.7 Å². The van der Waals surface area contributed by atoms with Crippen LogP contribution in [-0.2, 0) is 4.79 Å². The standard InChI is InChI=1S/C10H16F3NO3/c1-6(7(2)15)14-4-3-9(5-14,8(16)17)10(11,12)13/h6-7,15H,3-5H2,1-2H3,(H,16,17). The summed E-state index contributed by atoms with van der Waals surface area (Å²) in [6.45, 7) is 2.48. The Morgan fingerprint density at radius 1 is 1.41 bits per heavy atom. The van der Waals surface area contributed by atoms with E-state index in [-0.39, 0.29) is 6.54 Å². The molecule has 0 aromatic carbocycles. The number of aliphatic hydroxyl groups excluding tert-OH is 1. The molecule has 0 radical (unpaired) electrons. The van der Waals surface area contributed by atoms with E-state index in [1.54, 1.807) is 6.92 Å². The van der Waals surface area contributed by atoms with Crippen molar-refractivity contribution in [1.29, 1.82) is 0 Å². The number of likely N-dealkylation sites (tertiary alicyclic amines) is 1. The average Bonchev–Trinajstić information content (AvgIpc) is 2.60. The highest BCUT2D eigenvalue weighted by Gasteiger charge is 2.63. The van der Waals surface area contributed by atoms with Crippen LogP contribution in [0.2, 0.25) is 0 Å². The van der Waals surface area contributed by atoms with Gasteiger partial charge in [0.05, 0.1) is 6.10 Å². The third-order valence-electron chi connectivity index (χ3n) is 3.52. The van der Waals surface area contributed by atoms with Crippen LogP contribution in [0.15, 0.2) is 0 Å². The molecule has 17 heavy (non-hydrogen) atoms. The van der Waals surface area contributed by atoms with Crippen LogP contribution < -0.4 is 0 Å². The minimum atomic E-state index is -4.77. The van der Waals surface area contributed by atoms with Gasteiger partial charge < -0.3 is 10.2 Å². The van der Waals surface area contributed by atoms with Gasteiger partial charge >= 0.3 is 12.1 Å². The Morgan fingerprint density at radius 3 is 2.24 bits per heavy atom. The van der Waals surface area contributed by atoms with Crippen molar-refractivity contribution in [2.24, 2.45) is 5.41 Å². The summed E-state index contributed by atoms with van der Waals surface area (Å²) in [4.78, 5) is 12.3. The lowest BCUT2D eigenvalue weighted by Gasteiger charge is -2.30. The molecule has 3 atom stereocenters. The summed E-state index contributed by atoms with van der Waals surface area (Å²) >= 11 is 0. The van der Waals surface area contributed by atoms with Gasteiger partial charge in [-0.05, 0) is 20.3 Å². The molecule has 100 valence electrons. The van der Waals surface area contributed by atoms with Gasteiger partial charge in [-0.1, -0.05) is 0 Å². The van der Waals surface area contributed by atoms with Gasteiger partial charge in [-0.15, -0.1) is 0 Å². The van der Waals surface area contributed by atoms with Crippen LogP contribution in [0.1, 0.15) is 20.3 Å². The van der Waals surface area contributed by atoms with Gasteiger partial charge in [0.25, 0.3) is 0 Å². The van der Waals surface area contributed by atoms with Crippen molar-refractivity contribution in [1.82, 2.24) is 4.90 Å². The largest absolute Gasteiger partial charge is 0.481 e. The summed E-state index contributed by atoms with van der Waals surface area (Å²) in [5.74, 6) is -1.84. The summed E-state index contributed by atoms with van der Waals surface area (Å²) in [5.41, 5.74) is -2.70. The first-order valence-electron chi connectivity index (χ1n) is 5.34. The smallest absolute Gasteiger partial charge is 0.406 e. The number of nitrogens with zero attached hydrogens (tertiary/aromatic N) is 1. The molecule has 1 aliphatic rings. The number of hydrogen-bond acceptors (Lipinski definition) is 3. The Bertz CT molecular complexity index is 306. The van der Waals surface area contributed by atoms with E-state index in [1.807, 2.05) is 0 Å². The number of carboxylic acids is 1. The Labute approximate surface area is 97.0 Å². The number of rotatable bonds is 3. The molecule has 1 heterocycles. The number of aliphatic hydroxyl groups is 1. The molecule has 0 spiro atoms. The first-order valence-corrected chi connectivity index (χ1v) is 5.34. The van der Waals surface area contributed by atoms with E-state index in [4.69, 9.17) is 5.11 Å². The van der Waals surface area contributed by atoms with Crippen molar-refractivity contribution in [3.05, 3.63) is 0 Å². The highest BCUT2D eigenvalue weighted by atomic mass is 19.4. The fourth-order valence-corrected chi connectivity index (χ4v) is 2.02. The van der Waals surface area contributed by atoms with Gasteiger partial charge in [0.2, 0.25) is 0 Å². The van der Waals surface area contributed by atoms with Crippen LogP contribution in [0.5, 0.6) is 0 Å². The monoisotopic (exact) mass is 255 g/mol. The summed E-state index contributed by atoms with van der Waals surface area (Å²) in [6, 6.07) is -0.487. The molecule has 1 rings (SSSR count). The lowest BCUT2D eigenvalue weighted by atomic mass is 9.86. The van der Waals surface area contributed by atoms with Crippen molar-refractivity contribution in [3.8, 4) is 0 Å². The molecule has 1 saturated heterocycles. The third-order valence-corrected chi connectivity index (χ3v) is 3.52. The Balaban J connectivity index is 2.91. The summed E-state index contributed by atoms with van der Waals surface area (Å²) in [7, 11) is 0. The minimum Gasteiger partial charge on any atom is -0.481 e. The van der Waals surface area contributed by atoms with E-state index in [2.05, 4.69) is 0 Å². The molecule has 0 bridgehead atoms. The first kappa shape index (κ1) is 14.2. The lowest BCUT2D eigenvalue weighted by Crippen LogP contribution is -2.49. The maximum Gasteiger partial charge on any atom is 0.406 e. The van der Waals surface area contributed by atoms with Crippen molar-refractivity contribution in [2.45, 2.75) is 38.6 Å². The van der Waals surface area contributed by atoms with Crippen LogP contribution in [-0.4, -0.2) is 52.5 Å². The summed E-state index contributed by atoms with van der Waals surface area (Å²) < 4.78 is 38.5. The number of carboxylic acid groups (broad SMARTS) is 1. The molecule has 0 saturated carbocycles. The third kappa shape index (κ3) is 2.40. The van der Waals surface area contributed by atoms with E-state index in [9.17, 15) is 23.1 Å². The number of hydrogen-bond donors (Lipinski definition) is 2.